The molecule has 2 heterocycles. The van der Waals surface area contributed by atoms with Gasteiger partial charge in [-0.25, -0.2) is 4.98 Å². The molecule has 0 radical (unpaired) electrons. The van der Waals surface area contributed by atoms with Crippen LogP contribution in [0.5, 0.6) is 0 Å². The molecule has 0 saturated carbocycles. The SMILES string of the molecule is Cc1nc(NCCCn2cccn2)sc1C. The van der Waals surface area contributed by atoms with E-state index in [1.807, 2.05) is 23.9 Å². The first kappa shape index (κ1) is 11.1. The van der Waals surface area contributed by atoms with Crippen LogP contribution in [0.25, 0.3) is 0 Å². The Morgan fingerprint density at radius 1 is 1.44 bits per heavy atom. The van der Waals surface area contributed by atoms with Gasteiger partial charge >= 0.3 is 0 Å². The minimum absolute atomic E-state index is 0.937. The summed E-state index contributed by atoms with van der Waals surface area (Å²) in [6, 6.07) is 1.95. The van der Waals surface area contributed by atoms with Gasteiger partial charge < -0.3 is 5.32 Å². The summed E-state index contributed by atoms with van der Waals surface area (Å²) in [7, 11) is 0. The topological polar surface area (TPSA) is 42.7 Å². The van der Waals surface area contributed by atoms with Crippen LogP contribution in [0.1, 0.15) is 17.0 Å². The number of hydrogen-bond donors (Lipinski definition) is 1. The third-order valence-corrected chi connectivity index (χ3v) is 3.46. The van der Waals surface area contributed by atoms with Gasteiger partial charge in [0.25, 0.3) is 0 Å². The lowest BCUT2D eigenvalue weighted by molar-refractivity contribution is 0.591. The molecule has 0 aliphatic carbocycles. The Bertz CT molecular complexity index is 413. The Morgan fingerprint density at radius 3 is 2.94 bits per heavy atom. The van der Waals surface area contributed by atoms with Crippen LogP contribution in [0.4, 0.5) is 5.13 Å². The van der Waals surface area contributed by atoms with Crippen molar-refractivity contribution in [2.45, 2.75) is 26.8 Å². The maximum absolute atomic E-state index is 4.43. The van der Waals surface area contributed by atoms with Crippen LogP contribution < -0.4 is 5.32 Å². The van der Waals surface area contributed by atoms with Crippen LogP contribution in [-0.2, 0) is 6.54 Å². The molecule has 5 heteroatoms. The van der Waals surface area contributed by atoms with Crippen LogP contribution in [0.15, 0.2) is 18.5 Å². The van der Waals surface area contributed by atoms with E-state index in [-0.39, 0.29) is 0 Å². The molecule has 2 aromatic rings. The molecular formula is C11H16N4S. The van der Waals surface area contributed by atoms with E-state index in [0.717, 1.165) is 30.3 Å². The van der Waals surface area contributed by atoms with Crippen molar-refractivity contribution in [3.05, 3.63) is 29.0 Å². The number of aryl methyl sites for hydroxylation is 3. The fourth-order valence-electron chi connectivity index (χ4n) is 1.42. The predicted molar refractivity (Wildman–Crippen MR) is 66.9 cm³/mol. The second-order valence-electron chi connectivity index (χ2n) is 3.71. The van der Waals surface area contributed by atoms with Gasteiger partial charge in [-0.3, -0.25) is 4.68 Å². The summed E-state index contributed by atoms with van der Waals surface area (Å²) >= 11 is 1.72. The molecule has 1 N–H and O–H groups in total. The Balaban J connectivity index is 1.72. The summed E-state index contributed by atoms with van der Waals surface area (Å²) in [6.07, 6.45) is 4.85. The molecule has 0 aliphatic rings. The van der Waals surface area contributed by atoms with E-state index in [9.17, 15) is 0 Å². The summed E-state index contributed by atoms with van der Waals surface area (Å²) in [5.74, 6) is 0. The summed E-state index contributed by atoms with van der Waals surface area (Å²) in [5, 5.41) is 8.51. The van der Waals surface area contributed by atoms with E-state index in [1.165, 1.54) is 4.88 Å². The normalized spacial score (nSPS) is 10.6. The predicted octanol–water partition coefficient (Wildman–Crippen LogP) is 2.46. The Morgan fingerprint density at radius 2 is 2.31 bits per heavy atom. The minimum atomic E-state index is 0.937. The Kier molecular flexibility index (Phi) is 3.56. The maximum atomic E-state index is 4.43. The number of hydrogen-bond acceptors (Lipinski definition) is 4. The standard InChI is InChI=1S/C11H16N4S/c1-9-10(2)16-11(14-9)12-5-3-7-15-8-4-6-13-15/h4,6,8H,3,5,7H2,1-2H3,(H,12,14). The number of rotatable bonds is 5. The minimum Gasteiger partial charge on any atom is -0.361 e. The quantitative estimate of drug-likeness (QED) is 0.811. The average molecular weight is 236 g/mol. The summed E-state index contributed by atoms with van der Waals surface area (Å²) in [6.45, 7) is 6.03. The third kappa shape index (κ3) is 2.82. The maximum Gasteiger partial charge on any atom is 0.183 e. The van der Waals surface area contributed by atoms with Gasteiger partial charge in [0, 0.05) is 30.4 Å². The molecule has 0 fully saturated rings. The van der Waals surface area contributed by atoms with Gasteiger partial charge in [-0.2, -0.15) is 5.10 Å². The molecule has 0 saturated heterocycles. The second kappa shape index (κ2) is 5.12. The zero-order valence-electron chi connectivity index (χ0n) is 9.60. The lowest BCUT2D eigenvalue weighted by Gasteiger charge is -2.02. The highest BCUT2D eigenvalue weighted by atomic mass is 32.1. The van der Waals surface area contributed by atoms with Crippen LogP contribution in [-0.4, -0.2) is 21.3 Å². The highest BCUT2D eigenvalue weighted by molar-refractivity contribution is 7.15. The average Bonchev–Trinajstić information content (AvgIpc) is 2.85. The highest BCUT2D eigenvalue weighted by Gasteiger charge is 2.01. The van der Waals surface area contributed by atoms with Crippen molar-refractivity contribution in [1.82, 2.24) is 14.8 Å². The van der Waals surface area contributed by atoms with Crippen molar-refractivity contribution in [2.24, 2.45) is 0 Å². The summed E-state index contributed by atoms with van der Waals surface area (Å²) < 4.78 is 1.94. The molecule has 0 aliphatic heterocycles. The fraction of sp³-hybridized carbons (Fsp3) is 0.455. The Labute approximate surface area is 99.3 Å². The van der Waals surface area contributed by atoms with Gasteiger partial charge in [-0.05, 0) is 26.3 Å². The largest absolute Gasteiger partial charge is 0.361 e. The van der Waals surface area contributed by atoms with Gasteiger partial charge in [0.15, 0.2) is 5.13 Å². The molecule has 86 valence electrons. The van der Waals surface area contributed by atoms with Crippen LogP contribution in [0.3, 0.4) is 0 Å². The zero-order chi connectivity index (χ0) is 11.4. The summed E-state index contributed by atoms with van der Waals surface area (Å²) in [4.78, 5) is 5.72. The van der Waals surface area contributed by atoms with E-state index in [1.54, 1.807) is 17.5 Å². The molecule has 0 aromatic carbocycles. The second-order valence-corrected chi connectivity index (χ2v) is 4.91. The van der Waals surface area contributed by atoms with Gasteiger partial charge in [-0.15, -0.1) is 11.3 Å². The van der Waals surface area contributed by atoms with Crippen LogP contribution in [0.2, 0.25) is 0 Å². The molecule has 16 heavy (non-hydrogen) atoms. The molecule has 0 bridgehead atoms. The zero-order valence-corrected chi connectivity index (χ0v) is 10.4. The van der Waals surface area contributed by atoms with E-state index in [0.29, 0.717) is 0 Å². The lowest BCUT2D eigenvalue weighted by Crippen LogP contribution is -2.06. The molecule has 0 spiro atoms. The number of thiazole rings is 1. The van der Waals surface area contributed by atoms with Crippen molar-refractivity contribution >= 4 is 16.5 Å². The summed E-state index contributed by atoms with van der Waals surface area (Å²) in [5.41, 5.74) is 1.12. The number of nitrogens with zero attached hydrogens (tertiary/aromatic N) is 3. The first-order valence-corrected chi connectivity index (χ1v) is 6.22. The van der Waals surface area contributed by atoms with Crippen molar-refractivity contribution in [1.29, 1.82) is 0 Å². The Hall–Kier alpha value is -1.36. The van der Waals surface area contributed by atoms with Crippen molar-refractivity contribution in [3.8, 4) is 0 Å². The van der Waals surface area contributed by atoms with E-state index >= 15 is 0 Å². The molecular weight excluding hydrogens is 220 g/mol. The number of anilines is 1. The van der Waals surface area contributed by atoms with Crippen LogP contribution >= 0.6 is 11.3 Å². The van der Waals surface area contributed by atoms with Crippen molar-refractivity contribution in [2.75, 3.05) is 11.9 Å². The van der Waals surface area contributed by atoms with Crippen molar-refractivity contribution in [3.63, 3.8) is 0 Å². The molecule has 2 rings (SSSR count). The van der Waals surface area contributed by atoms with E-state index in [2.05, 4.69) is 22.3 Å². The van der Waals surface area contributed by atoms with Gasteiger partial charge in [0.2, 0.25) is 0 Å². The first-order chi connectivity index (χ1) is 7.75. The lowest BCUT2D eigenvalue weighted by atomic mass is 10.4. The van der Waals surface area contributed by atoms with Crippen molar-refractivity contribution < 1.29 is 0 Å². The molecule has 4 nitrogen and oxygen atoms in total. The van der Waals surface area contributed by atoms with Gasteiger partial charge in [0.05, 0.1) is 5.69 Å². The molecule has 0 amide bonds. The fourth-order valence-corrected chi connectivity index (χ4v) is 2.26. The monoisotopic (exact) mass is 236 g/mol. The smallest absolute Gasteiger partial charge is 0.183 e. The first-order valence-electron chi connectivity index (χ1n) is 5.41. The third-order valence-electron chi connectivity index (χ3n) is 2.43. The van der Waals surface area contributed by atoms with Gasteiger partial charge in [-0.1, -0.05) is 0 Å². The molecule has 0 atom stereocenters. The highest BCUT2D eigenvalue weighted by Crippen LogP contribution is 2.20. The number of aromatic nitrogens is 3. The molecule has 0 unspecified atom stereocenters. The van der Waals surface area contributed by atoms with E-state index < -0.39 is 0 Å². The number of nitrogens with one attached hydrogen (secondary N) is 1. The van der Waals surface area contributed by atoms with Crippen LogP contribution in [0, 0.1) is 13.8 Å². The van der Waals surface area contributed by atoms with Gasteiger partial charge in [0.1, 0.15) is 0 Å². The van der Waals surface area contributed by atoms with E-state index in [4.69, 9.17) is 0 Å². The molecule has 2 aromatic heterocycles.